The minimum absolute atomic E-state index is 0.236. The maximum atomic E-state index is 14.6. The Kier molecular flexibility index (Phi) is 5.09. The van der Waals surface area contributed by atoms with Crippen molar-refractivity contribution >= 4 is 39.1 Å². The van der Waals surface area contributed by atoms with Gasteiger partial charge in [-0.3, -0.25) is 19.2 Å². The third-order valence-corrected chi connectivity index (χ3v) is 8.91. The Morgan fingerprint density at radius 1 is 0.615 bits per heavy atom. The Balaban J connectivity index is 1.60. The lowest BCUT2D eigenvalue weighted by Gasteiger charge is -2.34. The van der Waals surface area contributed by atoms with Gasteiger partial charge in [0.05, 0.1) is 5.92 Å². The fraction of sp³-hybridized carbons (Fsp3) is 0.152. The van der Waals surface area contributed by atoms with Crippen LogP contribution < -0.4 is 0 Å². The molecular formula is C33H21BrO5. The Morgan fingerprint density at radius 2 is 1.13 bits per heavy atom. The molecule has 0 saturated carbocycles. The van der Waals surface area contributed by atoms with Crippen LogP contribution in [-0.4, -0.2) is 28.7 Å². The van der Waals surface area contributed by atoms with E-state index < -0.39 is 46.2 Å². The molecular weight excluding hydrogens is 556 g/mol. The van der Waals surface area contributed by atoms with E-state index >= 15 is 0 Å². The monoisotopic (exact) mass is 576 g/mol. The minimum Gasteiger partial charge on any atom is -0.348 e. The Morgan fingerprint density at radius 3 is 1.64 bits per heavy atom. The first-order valence-electron chi connectivity index (χ1n) is 12.7. The molecule has 0 N–H and O–H groups in total. The maximum absolute atomic E-state index is 14.6. The summed E-state index contributed by atoms with van der Waals surface area (Å²) in [6, 6.07) is 27.7. The van der Waals surface area contributed by atoms with Gasteiger partial charge in [-0.15, -0.1) is 0 Å². The number of carbonyl (C=O) groups is 4. The SMILES string of the molecule is Cc1cccc(C2OC3(C(=O)c4ccccc4C3=O)C(c3ccc(Br)cc3)C23C(=O)c2ccccc2C3=O)c1. The molecule has 190 valence electrons. The van der Waals surface area contributed by atoms with Gasteiger partial charge in [-0.05, 0) is 30.2 Å². The van der Waals surface area contributed by atoms with E-state index in [0.717, 1.165) is 10.0 Å². The third kappa shape index (κ3) is 2.93. The van der Waals surface area contributed by atoms with Crippen molar-refractivity contribution in [3.8, 4) is 0 Å². The number of hydrogen-bond acceptors (Lipinski definition) is 5. The van der Waals surface area contributed by atoms with Gasteiger partial charge in [-0.2, -0.15) is 0 Å². The molecule has 0 bridgehead atoms. The maximum Gasteiger partial charge on any atom is 0.204 e. The van der Waals surface area contributed by atoms with E-state index in [2.05, 4.69) is 15.9 Å². The van der Waals surface area contributed by atoms with Crippen LogP contribution in [0.25, 0.3) is 0 Å². The summed E-state index contributed by atoms with van der Waals surface area (Å²) in [7, 11) is 0. The second kappa shape index (κ2) is 8.25. The van der Waals surface area contributed by atoms with Crippen molar-refractivity contribution in [2.24, 2.45) is 5.41 Å². The summed E-state index contributed by atoms with van der Waals surface area (Å²) in [6.07, 6.45) is -1.17. The van der Waals surface area contributed by atoms with Crippen molar-refractivity contribution < 1.29 is 23.9 Å². The second-order valence-electron chi connectivity index (χ2n) is 10.4. The van der Waals surface area contributed by atoms with Gasteiger partial charge in [-0.1, -0.05) is 106 Å². The van der Waals surface area contributed by atoms with Crippen molar-refractivity contribution in [1.82, 2.24) is 0 Å². The smallest absolute Gasteiger partial charge is 0.204 e. The number of ketones is 4. The number of fused-ring (bicyclic) bond motifs is 2. The van der Waals surface area contributed by atoms with Gasteiger partial charge in [0.2, 0.25) is 17.2 Å². The first-order chi connectivity index (χ1) is 18.8. The van der Waals surface area contributed by atoms with E-state index in [-0.39, 0.29) is 22.3 Å². The molecule has 39 heavy (non-hydrogen) atoms. The zero-order chi connectivity index (χ0) is 27.1. The lowest BCUT2D eigenvalue weighted by atomic mass is 9.60. The lowest BCUT2D eigenvalue weighted by molar-refractivity contribution is -0.0210. The summed E-state index contributed by atoms with van der Waals surface area (Å²) in [5, 5.41) is 0. The number of halogens is 1. The molecule has 1 aliphatic heterocycles. The zero-order valence-electron chi connectivity index (χ0n) is 20.8. The van der Waals surface area contributed by atoms with Crippen molar-refractivity contribution in [2.45, 2.75) is 24.5 Å². The fourth-order valence-electron chi connectivity index (χ4n) is 6.82. The molecule has 1 saturated heterocycles. The number of carbonyl (C=O) groups excluding carboxylic acids is 4. The third-order valence-electron chi connectivity index (χ3n) is 8.39. The predicted octanol–water partition coefficient (Wildman–Crippen LogP) is 6.50. The van der Waals surface area contributed by atoms with Gasteiger partial charge >= 0.3 is 0 Å². The van der Waals surface area contributed by atoms with Crippen LogP contribution in [0.5, 0.6) is 0 Å². The summed E-state index contributed by atoms with van der Waals surface area (Å²) < 4.78 is 7.49. The number of aryl methyl sites for hydroxylation is 1. The Bertz CT molecular complexity index is 1680. The molecule has 7 rings (SSSR count). The lowest BCUT2D eigenvalue weighted by Crippen LogP contribution is -2.51. The molecule has 3 aliphatic rings. The van der Waals surface area contributed by atoms with Gasteiger partial charge in [-0.25, -0.2) is 0 Å². The topological polar surface area (TPSA) is 77.5 Å². The van der Waals surface area contributed by atoms with E-state index in [0.29, 0.717) is 11.1 Å². The van der Waals surface area contributed by atoms with Crippen LogP contribution in [-0.2, 0) is 4.74 Å². The van der Waals surface area contributed by atoms with Gasteiger partial charge in [0.1, 0.15) is 11.5 Å². The summed E-state index contributed by atoms with van der Waals surface area (Å²) in [6.45, 7) is 1.90. The minimum atomic E-state index is -2.08. The molecule has 4 aromatic rings. The number of rotatable bonds is 2. The van der Waals surface area contributed by atoms with Crippen LogP contribution in [0.1, 0.15) is 70.1 Å². The Hall–Kier alpha value is -4.00. The molecule has 5 nitrogen and oxygen atoms in total. The second-order valence-corrected chi connectivity index (χ2v) is 11.3. The highest BCUT2D eigenvalue weighted by Gasteiger charge is 2.79. The average Bonchev–Trinajstić information content (AvgIpc) is 3.48. The molecule has 1 heterocycles. The van der Waals surface area contributed by atoms with Crippen molar-refractivity contribution in [3.63, 3.8) is 0 Å². The summed E-state index contributed by atoms with van der Waals surface area (Å²) >= 11 is 3.46. The Labute approximate surface area is 232 Å². The quantitative estimate of drug-likeness (QED) is 0.255. The highest BCUT2D eigenvalue weighted by molar-refractivity contribution is 9.10. The molecule has 6 heteroatoms. The van der Waals surface area contributed by atoms with E-state index in [1.165, 1.54) is 0 Å². The van der Waals surface area contributed by atoms with Crippen LogP contribution >= 0.6 is 15.9 Å². The van der Waals surface area contributed by atoms with Gasteiger partial charge < -0.3 is 4.74 Å². The highest BCUT2D eigenvalue weighted by atomic mass is 79.9. The van der Waals surface area contributed by atoms with Crippen LogP contribution in [0.2, 0.25) is 0 Å². The van der Waals surface area contributed by atoms with Crippen molar-refractivity contribution in [1.29, 1.82) is 0 Å². The van der Waals surface area contributed by atoms with Gasteiger partial charge in [0.25, 0.3) is 0 Å². The molecule has 2 unspecified atom stereocenters. The normalized spacial score (nSPS) is 22.1. The number of ether oxygens (including phenoxy) is 1. The summed E-state index contributed by atoms with van der Waals surface area (Å²) in [5.41, 5.74) is -0.942. The van der Waals surface area contributed by atoms with Gasteiger partial charge in [0, 0.05) is 26.7 Å². The molecule has 0 amide bonds. The average molecular weight is 577 g/mol. The summed E-state index contributed by atoms with van der Waals surface area (Å²) in [5.74, 6) is -3.11. The van der Waals surface area contributed by atoms with Gasteiger partial charge in [0.15, 0.2) is 11.6 Å². The number of hydrogen-bond donors (Lipinski definition) is 0. The molecule has 4 aromatic carbocycles. The van der Waals surface area contributed by atoms with Crippen LogP contribution in [0.4, 0.5) is 0 Å². The molecule has 2 aliphatic carbocycles. The molecule has 2 atom stereocenters. The number of Topliss-reactive ketones (excluding diaryl/α,β-unsaturated/α-hetero) is 4. The van der Waals surface area contributed by atoms with E-state index in [1.54, 1.807) is 78.9 Å². The molecule has 0 radical (unpaired) electrons. The van der Waals surface area contributed by atoms with Crippen LogP contribution in [0, 0.1) is 12.3 Å². The molecule has 1 fully saturated rings. The van der Waals surface area contributed by atoms with Crippen LogP contribution in [0.15, 0.2) is 102 Å². The van der Waals surface area contributed by atoms with E-state index in [9.17, 15) is 19.2 Å². The van der Waals surface area contributed by atoms with E-state index in [1.807, 2.05) is 25.1 Å². The predicted molar refractivity (Wildman–Crippen MR) is 147 cm³/mol. The summed E-state index contributed by atoms with van der Waals surface area (Å²) in [4.78, 5) is 58.0. The largest absolute Gasteiger partial charge is 0.348 e. The molecule has 2 spiro atoms. The fourth-order valence-corrected chi connectivity index (χ4v) is 7.08. The first kappa shape index (κ1) is 24.1. The molecule has 0 aromatic heterocycles. The number of benzene rings is 4. The first-order valence-corrected chi connectivity index (χ1v) is 13.5. The zero-order valence-corrected chi connectivity index (χ0v) is 22.4. The highest BCUT2D eigenvalue weighted by Crippen LogP contribution is 2.67. The van der Waals surface area contributed by atoms with E-state index in [4.69, 9.17) is 4.74 Å². The standard InChI is InChI=1S/C33H21BrO5/c1-18-7-6-8-20(17-18)31-32(27(35)22-9-2-3-10-23(22)28(32)36)26(19-13-15-21(34)16-14-19)33(39-31)29(37)24-11-4-5-12-25(24)30(33)38/h2-17,26,31H,1H3. The van der Waals surface area contributed by atoms with Crippen molar-refractivity contribution in [2.75, 3.05) is 0 Å². The van der Waals surface area contributed by atoms with Crippen LogP contribution in [0.3, 0.4) is 0 Å². The van der Waals surface area contributed by atoms with Crippen molar-refractivity contribution in [3.05, 3.63) is 140 Å².